The van der Waals surface area contributed by atoms with Crippen molar-refractivity contribution in [1.29, 1.82) is 0 Å². The number of carbonyl (C=O) groups is 1. The van der Waals surface area contributed by atoms with Crippen molar-refractivity contribution in [3.8, 4) is 0 Å². The van der Waals surface area contributed by atoms with E-state index in [0.717, 1.165) is 42.3 Å². The number of nitrogens with zero attached hydrogens (tertiary/aromatic N) is 6. The predicted molar refractivity (Wildman–Crippen MR) is 175 cm³/mol. The van der Waals surface area contributed by atoms with Gasteiger partial charge in [-0.1, -0.05) is 56.5 Å². The highest BCUT2D eigenvalue weighted by atomic mass is 32.2. The maximum Gasteiger partial charge on any atom is 0.427 e. The van der Waals surface area contributed by atoms with E-state index < -0.39 is 22.3 Å². The molecule has 13 nitrogen and oxygen atoms in total. The molecule has 1 aromatic carbocycles. The third kappa shape index (κ3) is 6.26. The van der Waals surface area contributed by atoms with Crippen LogP contribution in [-0.2, 0) is 21.4 Å². The SMILES string of the molecule is CC1CCC(Cn2c(N3CCN(S(C)(=O)=O)C[C@H]3c3ccccc3)nc3nc(C4NOC(=O)N4)nc(N[C@H](C)C4CCC4)c32)CC1. The normalized spacial score (nSPS) is 26.8. The summed E-state index contributed by atoms with van der Waals surface area (Å²) in [6.07, 6.45) is 8.25. The zero-order valence-electron chi connectivity index (χ0n) is 26.9. The maximum absolute atomic E-state index is 12.7. The molecule has 46 heavy (non-hydrogen) atoms. The second-order valence-electron chi connectivity index (χ2n) is 13.7. The van der Waals surface area contributed by atoms with Crippen molar-refractivity contribution < 1.29 is 18.0 Å². The molecular formula is C32H45N9O4S. The smallest absolute Gasteiger partial charge is 0.365 e. The Morgan fingerprint density at radius 2 is 1.80 bits per heavy atom. The standard InChI is InChI=1S/C32H45N9O4S/c1-20-12-14-22(15-13-20)18-41-26-27(33-21(2)23-10-7-11-23)34-29(30-37-32(42)45-38-30)35-28(26)36-31(41)40-17-16-39(46(3,43)44)19-25(40)24-8-5-4-6-9-24/h4-6,8-9,20-23,25,30,38H,7,10-19H2,1-3H3,(H,37,42)(H,33,34,35)/t20?,21-,22?,25+,30?/m1/s1. The van der Waals surface area contributed by atoms with E-state index in [4.69, 9.17) is 19.8 Å². The van der Waals surface area contributed by atoms with Gasteiger partial charge in [0.2, 0.25) is 16.0 Å². The lowest BCUT2D eigenvalue weighted by atomic mass is 9.80. The van der Waals surface area contributed by atoms with E-state index in [1.807, 2.05) is 18.2 Å². The van der Waals surface area contributed by atoms with Crippen LogP contribution in [0.3, 0.4) is 0 Å². The molecule has 1 amide bonds. The summed E-state index contributed by atoms with van der Waals surface area (Å²) in [4.78, 5) is 34.3. The lowest BCUT2D eigenvalue weighted by molar-refractivity contribution is 0.120. The van der Waals surface area contributed by atoms with E-state index in [9.17, 15) is 13.2 Å². The van der Waals surface area contributed by atoms with Crippen LogP contribution >= 0.6 is 0 Å². The van der Waals surface area contributed by atoms with Crippen molar-refractivity contribution in [2.24, 2.45) is 17.8 Å². The van der Waals surface area contributed by atoms with Gasteiger partial charge in [0.05, 0.1) is 12.3 Å². The number of fused-ring (bicyclic) bond motifs is 1. The van der Waals surface area contributed by atoms with Crippen LogP contribution in [0.2, 0.25) is 0 Å². The van der Waals surface area contributed by atoms with Gasteiger partial charge in [-0.15, -0.1) is 5.48 Å². The Labute approximate surface area is 270 Å². The van der Waals surface area contributed by atoms with Crippen LogP contribution in [0.15, 0.2) is 30.3 Å². The van der Waals surface area contributed by atoms with Crippen molar-refractivity contribution >= 4 is 39.0 Å². The number of hydroxylamine groups is 1. The number of piperazine rings is 1. The molecule has 3 aromatic rings. The summed E-state index contributed by atoms with van der Waals surface area (Å²) in [5.41, 5.74) is 5.10. The first-order valence-electron chi connectivity index (χ1n) is 16.7. The molecule has 2 saturated heterocycles. The number of anilines is 2. The first kappa shape index (κ1) is 31.1. The largest absolute Gasteiger partial charge is 0.427 e. The number of aromatic nitrogens is 4. The fraction of sp³-hybridized carbons (Fsp3) is 0.625. The van der Waals surface area contributed by atoms with Crippen LogP contribution in [0.1, 0.15) is 82.4 Å². The van der Waals surface area contributed by atoms with Gasteiger partial charge >= 0.3 is 6.09 Å². The summed E-state index contributed by atoms with van der Waals surface area (Å²) in [6, 6.07) is 10.0. The average Bonchev–Trinajstić information content (AvgIpc) is 3.60. The van der Waals surface area contributed by atoms with E-state index >= 15 is 0 Å². The molecule has 0 radical (unpaired) electrons. The molecule has 7 rings (SSSR count). The Kier molecular flexibility index (Phi) is 8.53. The minimum atomic E-state index is -3.39. The maximum atomic E-state index is 12.7. The van der Waals surface area contributed by atoms with Crippen molar-refractivity contribution in [3.05, 3.63) is 41.7 Å². The molecule has 0 bridgehead atoms. The van der Waals surface area contributed by atoms with Crippen LogP contribution in [0.5, 0.6) is 0 Å². The van der Waals surface area contributed by atoms with E-state index in [1.54, 1.807) is 4.31 Å². The lowest BCUT2D eigenvalue weighted by Gasteiger charge is -2.41. The number of benzene rings is 1. The van der Waals surface area contributed by atoms with Gasteiger partial charge in [0.25, 0.3) is 0 Å². The fourth-order valence-corrected chi connectivity index (χ4v) is 8.20. The molecule has 4 aliphatic rings. The zero-order chi connectivity index (χ0) is 32.0. The zero-order valence-corrected chi connectivity index (χ0v) is 27.7. The third-order valence-electron chi connectivity index (χ3n) is 10.4. The molecule has 2 aliphatic carbocycles. The highest BCUT2D eigenvalue weighted by Gasteiger charge is 2.37. The van der Waals surface area contributed by atoms with Gasteiger partial charge in [-0.25, -0.2) is 23.2 Å². The molecule has 14 heteroatoms. The number of sulfonamides is 1. The van der Waals surface area contributed by atoms with Crippen molar-refractivity contribution in [2.75, 3.05) is 36.1 Å². The Morgan fingerprint density at radius 1 is 1.04 bits per heavy atom. The van der Waals surface area contributed by atoms with Crippen LogP contribution < -0.4 is 21.0 Å². The first-order valence-corrected chi connectivity index (χ1v) is 18.5. The Hall–Kier alpha value is -3.49. The molecule has 248 valence electrons. The molecule has 3 N–H and O–H groups in total. The second-order valence-corrected chi connectivity index (χ2v) is 15.7. The Balaban J connectivity index is 1.37. The average molecular weight is 652 g/mol. The topological polar surface area (TPSA) is 147 Å². The van der Waals surface area contributed by atoms with E-state index in [-0.39, 0.29) is 12.1 Å². The lowest BCUT2D eigenvalue weighted by Crippen LogP contribution is -2.51. The number of nitrogens with one attached hydrogen (secondary N) is 3. The highest BCUT2D eigenvalue weighted by Crippen LogP contribution is 2.39. The minimum Gasteiger partial charge on any atom is -0.365 e. The van der Waals surface area contributed by atoms with Gasteiger partial charge in [-0.05, 0) is 55.9 Å². The first-order chi connectivity index (χ1) is 22.1. The van der Waals surface area contributed by atoms with Crippen molar-refractivity contribution in [1.82, 2.24) is 34.6 Å². The second kappa shape index (κ2) is 12.6. The summed E-state index contributed by atoms with van der Waals surface area (Å²) >= 11 is 0. The van der Waals surface area contributed by atoms with Gasteiger partial charge in [0.1, 0.15) is 5.52 Å². The number of hydrogen-bond donors (Lipinski definition) is 3. The molecule has 1 unspecified atom stereocenters. The Morgan fingerprint density at radius 3 is 2.46 bits per heavy atom. The van der Waals surface area contributed by atoms with Crippen LogP contribution in [0.25, 0.3) is 11.2 Å². The molecule has 2 aliphatic heterocycles. The van der Waals surface area contributed by atoms with Crippen LogP contribution in [-0.4, -0.2) is 70.3 Å². The van der Waals surface area contributed by atoms with Crippen molar-refractivity contribution in [2.45, 2.75) is 83.6 Å². The van der Waals surface area contributed by atoms with E-state index in [2.05, 4.69) is 51.6 Å². The molecule has 4 fully saturated rings. The quantitative estimate of drug-likeness (QED) is 0.306. The molecule has 2 saturated carbocycles. The van der Waals surface area contributed by atoms with Gasteiger partial charge in [0, 0.05) is 32.2 Å². The fourth-order valence-electron chi connectivity index (χ4n) is 7.37. The minimum absolute atomic E-state index is 0.194. The molecular weight excluding hydrogens is 606 g/mol. The monoisotopic (exact) mass is 651 g/mol. The van der Waals surface area contributed by atoms with Gasteiger partial charge in [0.15, 0.2) is 23.5 Å². The van der Waals surface area contributed by atoms with Gasteiger partial charge in [-0.2, -0.15) is 9.29 Å². The summed E-state index contributed by atoms with van der Waals surface area (Å²) in [7, 11) is -3.39. The summed E-state index contributed by atoms with van der Waals surface area (Å²) in [5.74, 6) is 3.58. The number of carbonyl (C=O) groups excluding carboxylic acids is 1. The number of imidazole rings is 1. The highest BCUT2D eigenvalue weighted by molar-refractivity contribution is 7.88. The van der Waals surface area contributed by atoms with Gasteiger partial charge in [-0.3, -0.25) is 5.32 Å². The number of amides is 1. The third-order valence-corrected chi connectivity index (χ3v) is 11.7. The van der Waals surface area contributed by atoms with Crippen LogP contribution in [0, 0.1) is 17.8 Å². The number of rotatable bonds is 9. The molecule has 4 heterocycles. The molecule has 3 atom stereocenters. The predicted octanol–water partition coefficient (Wildman–Crippen LogP) is 4.32. The summed E-state index contributed by atoms with van der Waals surface area (Å²) in [6.45, 7) is 6.47. The number of hydrogen-bond acceptors (Lipinski definition) is 10. The van der Waals surface area contributed by atoms with Crippen LogP contribution in [0.4, 0.5) is 16.6 Å². The molecule has 2 aromatic heterocycles. The van der Waals surface area contributed by atoms with E-state index in [0.29, 0.717) is 48.8 Å². The van der Waals surface area contributed by atoms with E-state index in [1.165, 1.54) is 38.4 Å². The Bertz CT molecular complexity index is 1670. The molecule has 0 spiro atoms. The van der Waals surface area contributed by atoms with Crippen molar-refractivity contribution in [3.63, 3.8) is 0 Å². The van der Waals surface area contributed by atoms with Gasteiger partial charge < -0.3 is 19.6 Å². The summed E-state index contributed by atoms with van der Waals surface area (Å²) in [5, 5.41) is 6.46. The summed E-state index contributed by atoms with van der Waals surface area (Å²) < 4.78 is 29.3.